The second-order valence-corrected chi connectivity index (χ2v) is 7.43. The van der Waals surface area contributed by atoms with E-state index in [9.17, 15) is 8.42 Å². The van der Waals surface area contributed by atoms with Gasteiger partial charge in [-0.15, -0.1) is 11.3 Å². The Morgan fingerprint density at radius 2 is 2.22 bits per heavy atom. The Balaban J connectivity index is 1.85. The summed E-state index contributed by atoms with van der Waals surface area (Å²) in [5.41, 5.74) is 0.940. The van der Waals surface area contributed by atoms with Crippen molar-refractivity contribution < 1.29 is 8.42 Å². The molecule has 0 radical (unpaired) electrons. The first-order chi connectivity index (χ1) is 8.52. The second-order valence-electron chi connectivity index (χ2n) is 4.56. The van der Waals surface area contributed by atoms with E-state index in [-0.39, 0.29) is 4.21 Å². The number of hydrogen-bond donors (Lipinski definition) is 1. The maximum Gasteiger partial charge on any atom is 0.247 e. The molecule has 0 unspecified atom stereocenters. The normalized spacial score (nSPS) is 16.1. The molecule has 0 spiro atoms. The average molecular weight is 283 g/mol. The second kappa shape index (κ2) is 4.18. The predicted molar refractivity (Wildman–Crippen MR) is 69.6 cm³/mol. The zero-order valence-corrected chi connectivity index (χ0v) is 11.2. The first-order valence-electron chi connectivity index (χ1n) is 5.68. The van der Waals surface area contributed by atoms with Gasteiger partial charge in [0.2, 0.25) is 10.0 Å². The number of sulfonamides is 1. The van der Waals surface area contributed by atoms with E-state index < -0.39 is 10.0 Å². The van der Waals surface area contributed by atoms with Crippen molar-refractivity contribution in [3.8, 4) is 10.4 Å². The molecular weight excluding hydrogens is 270 g/mol. The number of nitrogens with zero attached hydrogens (tertiary/aromatic N) is 2. The number of rotatable bonds is 4. The van der Waals surface area contributed by atoms with Crippen LogP contribution in [-0.4, -0.2) is 18.2 Å². The van der Waals surface area contributed by atoms with Crippen LogP contribution in [0.15, 0.2) is 28.7 Å². The van der Waals surface area contributed by atoms with Crippen LogP contribution in [0.3, 0.4) is 0 Å². The van der Waals surface area contributed by atoms with Gasteiger partial charge in [-0.1, -0.05) is 0 Å². The van der Waals surface area contributed by atoms with Crippen molar-refractivity contribution in [2.45, 2.75) is 23.6 Å². The van der Waals surface area contributed by atoms with Crippen LogP contribution in [0, 0.1) is 5.92 Å². The Morgan fingerprint density at radius 3 is 2.83 bits per heavy atom. The van der Waals surface area contributed by atoms with Crippen molar-refractivity contribution in [1.29, 1.82) is 0 Å². The zero-order valence-electron chi connectivity index (χ0n) is 9.61. The Labute approximate surface area is 109 Å². The average Bonchev–Trinajstić information content (AvgIpc) is 2.81. The third-order valence-corrected chi connectivity index (χ3v) is 5.49. The van der Waals surface area contributed by atoms with Crippen LogP contribution in [0.5, 0.6) is 0 Å². The zero-order chi connectivity index (χ0) is 12.8. The van der Waals surface area contributed by atoms with Gasteiger partial charge in [0, 0.05) is 23.2 Å². The Morgan fingerprint density at radius 1 is 1.44 bits per heavy atom. The molecule has 2 aromatic heterocycles. The first-order valence-corrected chi connectivity index (χ1v) is 8.04. The van der Waals surface area contributed by atoms with Crippen molar-refractivity contribution in [2.24, 2.45) is 11.1 Å². The summed E-state index contributed by atoms with van der Waals surface area (Å²) in [6.07, 6.45) is 6.28. The molecular formula is C11H13N3O2S2. The van der Waals surface area contributed by atoms with Gasteiger partial charge >= 0.3 is 0 Å². The van der Waals surface area contributed by atoms with E-state index in [4.69, 9.17) is 5.14 Å². The summed E-state index contributed by atoms with van der Waals surface area (Å²) in [6, 6.07) is 3.30. The van der Waals surface area contributed by atoms with Crippen LogP contribution >= 0.6 is 11.3 Å². The van der Waals surface area contributed by atoms with Crippen molar-refractivity contribution in [3.05, 3.63) is 24.5 Å². The van der Waals surface area contributed by atoms with E-state index in [1.807, 2.05) is 10.9 Å². The van der Waals surface area contributed by atoms with Gasteiger partial charge in [0.05, 0.1) is 6.20 Å². The molecule has 0 aliphatic heterocycles. The summed E-state index contributed by atoms with van der Waals surface area (Å²) in [5.74, 6) is 0.765. The minimum absolute atomic E-state index is 0.187. The van der Waals surface area contributed by atoms with Gasteiger partial charge in [-0.2, -0.15) is 5.10 Å². The minimum Gasteiger partial charge on any atom is -0.272 e. The SMILES string of the molecule is NS(=O)(=O)c1ccc(-c2cnn(CC3CC3)c2)s1. The van der Waals surface area contributed by atoms with Crippen molar-refractivity contribution in [2.75, 3.05) is 0 Å². The fourth-order valence-electron chi connectivity index (χ4n) is 1.78. The molecule has 96 valence electrons. The van der Waals surface area contributed by atoms with Crippen LogP contribution in [-0.2, 0) is 16.6 Å². The van der Waals surface area contributed by atoms with Crippen LogP contribution in [0.4, 0.5) is 0 Å². The topological polar surface area (TPSA) is 78.0 Å². The number of hydrogen-bond acceptors (Lipinski definition) is 4. The van der Waals surface area contributed by atoms with E-state index in [0.29, 0.717) is 0 Å². The van der Waals surface area contributed by atoms with E-state index in [0.717, 1.165) is 22.9 Å². The molecule has 0 saturated heterocycles. The minimum atomic E-state index is -3.60. The molecule has 2 aromatic rings. The maximum absolute atomic E-state index is 11.2. The van der Waals surface area contributed by atoms with Crippen molar-refractivity contribution >= 4 is 21.4 Å². The smallest absolute Gasteiger partial charge is 0.247 e. The molecule has 0 aromatic carbocycles. The summed E-state index contributed by atoms with van der Waals surface area (Å²) in [7, 11) is -3.60. The molecule has 1 aliphatic carbocycles. The molecule has 5 nitrogen and oxygen atoms in total. The van der Waals surface area contributed by atoms with E-state index in [1.54, 1.807) is 12.3 Å². The van der Waals surface area contributed by atoms with Gasteiger partial charge in [-0.25, -0.2) is 13.6 Å². The van der Waals surface area contributed by atoms with E-state index in [1.165, 1.54) is 30.2 Å². The van der Waals surface area contributed by atoms with Gasteiger partial charge in [0.15, 0.2) is 0 Å². The number of primary sulfonamides is 1. The molecule has 0 amide bonds. The van der Waals surface area contributed by atoms with Crippen LogP contribution in [0.2, 0.25) is 0 Å². The summed E-state index contributed by atoms with van der Waals surface area (Å²) in [4.78, 5) is 0.876. The number of thiophene rings is 1. The van der Waals surface area contributed by atoms with Crippen molar-refractivity contribution in [3.63, 3.8) is 0 Å². The largest absolute Gasteiger partial charge is 0.272 e. The molecule has 3 rings (SSSR count). The van der Waals surface area contributed by atoms with Gasteiger partial charge in [-0.05, 0) is 30.9 Å². The number of aromatic nitrogens is 2. The summed E-state index contributed by atoms with van der Waals surface area (Å²) in [5, 5.41) is 9.38. The van der Waals surface area contributed by atoms with Crippen LogP contribution in [0.25, 0.3) is 10.4 Å². The fraction of sp³-hybridized carbons (Fsp3) is 0.364. The van der Waals surface area contributed by atoms with Crippen LogP contribution < -0.4 is 5.14 Å². The quantitative estimate of drug-likeness (QED) is 0.927. The summed E-state index contributed by atoms with van der Waals surface area (Å²) < 4.78 is 24.5. The van der Waals surface area contributed by atoms with Gasteiger partial charge < -0.3 is 0 Å². The summed E-state index contributed by atoms with van der Waals surface area (Å²) in [6.45, 7) is 0.952. The Hall–Kier alpha value is -1.18. The molecule has 2 N–H and O–H groups in total. The van der Waals surface area contributed by atoms with Gasteiger partial charge in [0.25, 0.3) is 0 Å². The van der Waals surface area contributed by atoms with E-state index >= 15 is 0 Å². The highest BCUT2D eigenvalue weighted by molar-refractivity contribution is 7.91. The molecule has 0 bridgehead atoms. The maximum atomic E-state index is 11.2. The lowest BCUT2D eigenvalue weighted by Gasteiger charge is -1.96. The third kappa shape index (κ3) is 2.47. The highest BCUT2D eigenvalue weighted by Crippen LogP contribution is 2.32. The molecule has 7 heteroatoms. The first kappa shape index (κ1) is 11.9. The predicted octanol–water partition coefficient (Wildman–Crippen LogP) is 1.67. The molecule has 18 heavy (non-hydrogen) atoms. The lowest BCUT2D eigenvalue weighted by atomic mass is 10.3. The fourth-order valence-corrected chi connectivity index (χ4v) is 3.49. The highest BCUT2D eigenvalue weighted by Gasteiger charge is 2.22. The molecule has 0 atom stereocenters. The third-order valence-electron chi connectivity index (χ3n) is 2.92. The van der Waals surface area contributed by atoms with Crippen molar-refractivity contribution in [1.82, 2.24) is 9.78 Å². The Bertz CT molecular complexity index is 668. The monoisotopic (exact) mass is 283 g/mol. The standard InChI is InChI=1S/C11H13N3O2S2/c12-18(15,16)11-4-3-10(17-11)9-5-13-14(7-9)6-8-1-2-8/h3-5,7-8H,1-2,6H2,(H2,12,15,16). The Kier molecular flexibility index (Phi) is 2.76. The van der Waals surface area contributed by atoms with E-state index in [2.05, 4.69) is 5.10 Å². The van der Waals surface area contributed by atoms with Gasteiger partial charge in [0.1, 0.15) is 4.21 Å². The number of nitrogens with two attached hydrogens (primary N) is 1. The molecule has 1 aliphatic rings. The van der Waals surface area contributed by atoms with Gasteiger partial charge in [-0.3, -0.25) is 4.68 Å². The molecule has 1 saturated carbocycles. The molecule has 2 heterocycles. The van der Waals surface area contributed by atoms with Crippen LogP contribution in [0.1, 0.15) is 12.8 Å². The highest BCUT2D eigenvalue weighted by atomic mass is 32.2. The lowest BCUT2D eigenvalue weighted by molar-refractivity contribution is 0.563. The molecule has 1 fully saturated rings. The summed E-state index contributed by atoms with van der Waals surface area (Å²) >= 11 is 1.17. The lowest BCUT2D eigenvalue weighted by Crippen LogP contribution is -2.09.